The Morgan fingerprint density at radius 1 is 0.892 bits per heavy atom. The van der Waals surface area contributed by atoms with E-state index < -0.39 is 0 Å². The zero-order valence-corrected chi connectivity index (χ0v) is 24.3. The average molecular weight is 569 g/mol. The molecule has 1 atom stereocenters. The molecule has 6 heteroatoms. The number of halogens is 1. The van der Waals surface area contributed by atoms with Crippen molar-refractivity contribution in [1.29, 1.82) is 0 Å². The molecule has 5 nitrogen and oxygen atoms in total. The maximum atomic E-state index is 13.5. The van der Waals surface area contributed by atoms with E-state index in [0.717, 1.165) is 23.0 Å². The summed E-state index contributed by atoms with van der Waals surface area (Å²) in [6.45, 7) is 4.20. The van der Waals surface area contributed by atoms with Crippen molar-refractivity contribution < 1.29 is 4.79 Å². The summed E-state index contributed by atoms with van der Waals surface area (Å²) in [4.78, 5) is 33.2. The molecule has 3 aromatic rings. The molecule has 0 spiro atoms. The van der Waals surface area contributed by atoms with Gasteiger partial charge in [-0.2, -0.15) is 0 Å². The predicted molar refractivity (Wildman–Crippen MR) is 157 cm³/mol. The SMILES string of the molecule is CCCCCCCCCCCCCC(=O)N(C)C(C)c1nc2ccccc2c(=O)n1-c1ccc(Br)cc1. The third-order valence-corrected chi connectivity index (χ3v) is 7.76. The number of rotatable bonds is 15. The highest BCUT2D eigenvalue weighted by molar-refractivity contribution is 9.10. The van der Waals surface area contributed by atoms with Gasteiger partial charge in [0.05, 0.1) is 22.6 Å². The molecule has 0 bridgehead atoms. The average Bonchev–Trinajstić information content (AvgIpc) is 2.91. The number of hydrogen-bond acceptors (Lipinski definition) is 3. The lowest BCUT2D eigenvalue weighted by atomic mass is 10.0. The summed E-state index contributed by atoms with van der Waals surface area (Å²) in [6, 6.07) is 14.6. The zero-order chi connectivity index (χ0) is 26.6. The van der Waals surface area contributed by atoms with E-state index in [-0.39, 0.29) is 17.5 Å². The second-order valence-electron chi connectivity index (χ2n) is 10.1. The van der Waals surface area contributed by atoms with Crippen molar-refractivity contribution >= 4 is 32.7 Å². The van der Waals surface area contributed by atoms with Crippen LogP contribution in [0.5, 0.6) is 0 Å². The van der Waals surface area contributed by atoms with Gasteiger partial charge < -0.3 is 4.90 Å². The van der Waals surface area contributed by atoms with E-state index >= 15 is 0 Å². The van der Waals surface area contributed by atoms with Gasteiger partial charge in [0.25, 0.3) is 5.56 Å². The molecule has 0 aliphatic rings. The van der Waals surface area contributed by atoms with Crippen LogP contribution in [0.15, 0.2) is 57.8 Å². The van der Waals surface area contributed by atoms with Crippen LogP contribution in [0.1, 0.15) is 103 Å². The molecule has 1 amide bonds. The van der Waals surface area contributed by atoms with Gasteiger partial charge in [0.15, 0.2) is 0 Å². The van der Waals surface area contributed by atoms with Crippen LogP contribution in [0.25, 0.3) is 16.6 Å². The minimum Gasteiger partial charge on any atom is -0.336 e. The number of aromatic nitrogens is 2. The fraction of sp³-hybridized carbons (Fsp3) is 0.516. The van der Waals surface area contributed by atoms with Crippen LogP contribution in [-0.2, 0) is 4.79 Å². The van der Waals surface area contributed by atoms with Crippen molar-refractivity contribution in [2.75, 3.05) is 7.05 Å². The third kappa shape index (κ3) is 8.26. The standard InChI is InChI=1S/C31H42BrN3O2/c1-4-5-6-7-8-9-10-11-12-13-14-19-29(36)34(3)24(2)30-33-28-18-16-15-17-27(28)31(37)35(30)26-22-20-25(32)21-23-26/h15-18,20-24H,4-14,19H2,1-3H3. The Morgan fingerprint density at radius 2 is 1.46 bits per heavy atom. The van der Waals surface area contributed by atoms with E-state index in [2.05, 4.69) is 22.9 Å². The fourth-order valence-electron chi connectivity index (χ4n) is 4.78. The van der Waals surface area contributed by atoms with Crippen LogP contribution in [0, 0.1) is 0 Å². The summed E-state index contributed by atoms with van der Waals surface area (Å²) < 4.78 is 2.58. The summed E-state index contributed by atoms with van der Waals surface area (Å²) in [5.74, 6) is 0.661. The molecule has 0 saturated heterocycles. The molecule has 1 unspecified atom stereocenters. The van der Waals surface area contributed by atoms with Gasteiger partial charge in [-0.1, -0.05) is 99.2 Å². The van der Waals surface area contributed by atoms with Gasteiger partial charge in [0, 0.05) is 17.9 Å². The minimum absolute atomic E-state index is 0.0909. The van der Waals surface area contributed by atoms with Gasteiger partial charge in [0.1, 0.15) is 5.82 Å². The van der Waals surface area contributed by atoms with Crippen molar-refractivity contribution in [2.45, 2.75) is 96.9 Å². The van der Waals surface area contributed by atoms with Crippen LogP contribution in [0.4, 0.5) is 0 Å². The third-order valence-electron chi connectivity index (χ3n) is 7.23. The van der Waals surface area contributed by atoms with Crippen LogP contribution < -0.4 is 5.56 Å². The minimum atomic E-state index is -0.346. The molecule has 1 heterocycles. The van der Waals surface area contributed by atoms with Gasteiger partial charge in [-0.15, -0.1) is 0 Å². The van der Waals surface area contributed by atoms with Crippen molar-refractivity contribution in [3.8, 4) is 5.69 Å². The van der Waals surface area contributed by atoms with Crippen LogP contribution in [-0.4, -0.2) is 27.4 Å². The molecule has 3 rings (SSSR count). The Hall–Kier alpha value is -2.47. The number of benzene rings is 2. The number of para-hydroxylation sites is 1. The fourth-order valence-corrected chi connectivity index (χ4v) is 5.04. The van der Waals surface area contributed by atoms with Crippen LogP contribution in [0.2, 0.25) is 0 Å². The van der Waals surface area contributed by atoms with Gasteiger partial charge in [-0.05, 0) is 49.7 Å². The van der Waals surface area contributed by atoms with Gasteiger partial charge in [-0.3, -0.25) is 14.2 Å². The molecule has 0 N–H and O–H groups in total. The normalized spacial score (nSPS) is 12.1. The largest absolute Gasteiger partial charge is 0.336 e. The predicted octanol–water partition coefficient (Wildman–Crippen LogP) is 8.37. The van der Waals surface area contributed by atoms with E-state index in [1.54, 1.807) is 15.5 Å². The molecule has 0 radical (unpaired) electrons. The zero-order valence-electron chi connectivity index (χ0n) is 22.7. The van der Waals surface area contributed by atoms with Crippen LogP contribution >= 0.6 is 15.9 Å². The Balaban J connectivity index is 1.60. The van der Waals surface area contributed by atoms with Gasteiger partial charge in [-0.25, -0.2) is 4.98 Å². The number of fused-ring (bicyclic) bond motifs is 1. The number of carbonyl (C=O) groups excluding carboxylic acids is 1. The van der Waals surface area contributed by atoms with E-state index in [4.69, 9.17) is 4.98 Å². The number of amides is 1. The number of unbranched alkanes of at least 4 members (excludes halogenated alkanes) is 10. The molecular formula is C31H42BrN3O2. The molecule has 37 heavy (non-hydrogen) atoms. The molecule has 0 aliphatic carbocycles. The van der Waals surface area contributed by atoms with Crippen LogP contribution in [0.3, 0.4) is 0 Å². The maximum absolute atomic E-state index is 13.5. The molecule has 0 fully saturated rings. The van der Waals surface area contributed by atoms with Crippen molar-refractivity contribution in [2.24, 2.45) is 0 Å². The lowest BCUT2D eigenvalue weighted by Crippen LogP contribution is -2.34. The Kier molecular flexibility index (Phi) is 11.8. The molecule has 0 aliphatic heterocycles. The second-order valence-corrected chi connectivity index (χ2v) is 11.0. The first-order chi connectivity index (χ1) is 17.9. The summed E-state index contributed by atoms with van der Waals surface area (Å²) in [7, 11) is 1.82. The van der Waals surface area contributed by atoms with E-state index in [0.29, 0.717) is 23.1 Å². The molecule has 200 valence electrons. The molecule has 2 aromatic carbocycles. The van der Waals surface area contributed by atoms with E-state index in [1.165, 1.54) is 57.8 Å². The van der Waals surface area contributed by atoms with Crippen molar-refractivity contribution in [1.82, 2.24) is 14.5 Å². The Labute approximate surface area is 230 Å². The second kappa shape index (κ2) is 15.1. The lowest BCUT2D eigenvalue weighted by molar-refractivity contribution is -0.132. The Morgan fingerprint density at radius 3 is 2.08 bits per heavy atom. The summed E-state index contributed by atoms with van der Waals surface area (Å²) >= 11 is 3.47. The first-order valence-electron chi connectivity index (χ1n) is 14.0. The highest BCUT2D eigenvalue weighted by atomic mass is 79.9. The number of hydrogen-bond donors (Lipinski definition) is 0. The first-order valence-corrected chi connectivity index (χ1v) is 14.8. The van der Waals surface area contributed by atoms with Crippen molar-refractivity contribution in [3.05, 3.63) is 69.2 Å². The first kappa shape index (κ1) is 29.1. The highest BCUT2D eigenvalue weighted by Gasteiger charge is 2.24. The molecule has 1 aromatic heterocycles. The summed E-state index contributed by atoms with van der Waals surface area (Å²) in [6.07, 6.45) is 14.4. The van der Waals surface area contributed by atoms with E-state index in [1.807, 2.05) is 56.4 Å². The summed E-state index contributed by atoms with van der Waals surface area (Å²) in [5, 5.41) is 0.566. The highest BCUT2D eigenvalue weighted by Crippen LogP contribution is 2.24. The smallest absolute Gasteiger partial charge is 0.266 e. The molecule has 0 saturated carbocycles. The maximum Gasteiger partial charge on any atom is 0.266 e. The van der Waals surface area contributed by atoms with Gasteiger partial charge in [0.2, 0.25) is 5.91 Å². The quantitative estimate of drug-likeness (QED) is 0.173. The number of nitrogens with zero attached hydrogens (tertiary/aromatic N) is 3. The Bertz CT molecular complexity index is 1190. The monoisotopic (exact) mass is 567 g/mol. The lowest BCUT2D eigenvalue weighted by Gasteiger charge is -2.27. The summed E-state index contributed by atoms with van der Waals surface area (Å²) in [5.41, 5.74) is 1.26. The van der Waals surface area contributed by atoms with Crippen molar-refractivity contribution in [3.63, 3.8) is 0 Å². The van der Waals surface area contributed by atoms with E-state index in [9.17, 15) is 9.59 Å². The molecular weight excluding hydrogens is 526 g/mol. The topological polar surface area (TPSA) is 55.2 Å². The number of carbonyl (C=O) groups is 1. The van der Waals surface area contributed by atoms with Gasteiger partial charge >= 0.3 is 0 Å².